The Morgan fingerprint density at radius 2 is 2.05 bits per heavy atom. The fraction of sp³-hybridized carbons (Fsp3) is 0.312. The molecule has 112 valence electrons. The summed E-state index contributed by atoms with van der Waals surface area (Å²) in [5, 5.41) is 4.34. The number of benzene rings is 1. The fourth-order valence-corrected chi connectivity index (χ4v) is 3.57. The summed E-state index contributed by atoms with van der Waals surface area (Å²) < 4.78 is 2.04. The number of rotatable bonds is 6. The molecule has 0 amide bonds. The van der Waals surface area contributed by atoms with Crippen LogP contribution in [0.15, 0.2) is 45.6 Å². The third kappa shape index (κ3) is 5.06. The summed E-state index contributed by atoms with van der Waals surface area (Å²) in [6.07, 6.45) is 5.69. The number of nitrogens with one attached hydrogen (secondary N) is 1. The van der Waals surface area contributed by atoms with Crippen LogP contribution in [-0.2, 0) is 6.42 Å². The van der Waals surface area contributed by atoms with E-state index in [0.29, 0.717) is 0 Å². The molecule has 21 heavy (non-hydrogen) atoms. The molecule has 0 fully saturated rings. The van der Waals surface area contributed by atoms with Crippen LogP contribution >= 0.6 is 43.5 Å². The highest BCUT2D eigenvalue weighted by Gasteiger charge is 2.15. The van der Waals surface area contributed by atoms with Crippen LogP contribution in [0.5, 0.6) is 0 Å². The number of nitrogens with zero attached hydrogens (tertiary/aromatic N) is 1. The van der Waals surface area contributed by atoms with E-state index in [4.69, 9.17) is 11.6 Å². The molecule has 0 radical (unpaired) electrons. The normalized spacial score (nSPS) is 12.4. The third-order valence-corrected chi connectivity index (χ3v) is 4.54. The van der Waals surface area contributed by atoms with Crippen molar-refractivity contribution in [1.29, 1.82) is 0 Å². The summed E-state index contributed by atoms with van der Waals surface area (Å²) in [4.78, 5) is 4.24. The van der Waals surface area contributed by atoms with Crippen LogP contribution in [0, 0.1) is 0 Å². The molecule has 0 bridgehead atoms. The van der Waals surface area contributed by atoms with Gasteiger partial charge in [0.15, 0.2) is 0 Å². The van der Waals surface area contributed by atoms with Crippen molar-refractivity contribution in [3.63, 3.8) is 0 Å². The summed E-state index contributed by atoms with van der Waals surface area (Å²) in [5.41, 5.74) is 2.41. The summed E-state index contributed by atoms with van der Waals surface area (Å²) in [7, 11) is 0. The highest BCUT2D eigenvalue weighted by molar-refractivity contribution is 9.10. The molecule has 0 spiro atoms. The molecule has 1 aromatic carbocycles. The van der Waals surface area contributed by atoms with E-state index in [1.807, 2.05) is 18.3 Å². The first-order valence-electron chi connectivity index (χ1n) is 6.88. The van der Waals surface area contributed by atoms with Crippen LogP contribution in [0.2, 0.25) is 5.02 Å². The first-order valence-corrected chi connectivity index (χ1v) is 8.84. The predicted molar refractivity (Wildman–Crippen MR) is 95.8 cm³/mol. The highest BCUT2D eigenvalue weighted by Crippen LogP contribution is 2.29. The highest BCUT2D eigenvalue weighted by atomic mass is 79.9. The Morgan fingerprint density at radius 3 is 2.71 bits per heavy atom. The smallest absolute Gasteiger partial charge is 0.0417 e. The van der Waals surface area contributed by atoms with E-state index in [-0.39, 0.29) is 6.04 Å². The van der Waals surface area contributed by atoms with Crippen molar-refractivity contribution >= 4 is 43.5 Å². The van der Waals surface area contributed by atoms with Crippen molar-refractivity contribution in [1.82, 2.24) is 10.3 Å². The second kappa shape index (κ2) is 8.28. The molecular weight excluding hydrogens is 415 g/mol. The summed E-state index contributed by atoms with van der Waals surface area (Å²) >= 11 is 13.1. The van der Waals surface area contributed by atoms with E-state index in [1.165, 1.54) is 11.1 Å². The van der Waals surface area contributed by atoms with Crippen molar-refractivity contribution in [2.45, 2.75) is 25.8 Å². The maximum Gasteiger partial charge on any atom is 0.0417 e. The Kier molecular flexibility index (Phi) is 6.68. The minimum Gasteiger partial charge on any atom is -0.310 e. The predicted octanol–water partition coefficient (Wildman–Crippen LogP) is 5.54. The van der Waals surface area contributed by atoms with E-state index in [1.54, 1.807) is 6.20 Å². The molecular formula is C16H17Br2ClN2. The van der Waals surface area contributed by atoms with Gasteiger partial charge in [-0.3, -0.25) is 4.98 Å². The van der Waals surface area contributed by atoms with E-state index in [9.17, 15) is 0 Å². The van der Waals surface area contributed by atoms with Crippen molar-refractivity contribution in [2.24, 2.45) is 0 Å². The first kappa shape index (κ1) is 16.9. The van der Waals surface area contributed by atoms with Gasteiger partial charge in [0.05, 0.1) is 0 Å². The van der Waals surface area contributed by atoms with Gasteiger partial charge in [0.25, 0.3) is 0 Å². The molecule has 1 unspecified atom stereocenters. The van der Waals surface area contributed by atoms with Crippen molar-refractivity contribution < 1.29 is 0 Å². The molecule has 1 N–H and O–H groups in total. The maximum absolute atomic E-state index is 6.04. The summed E-state index contributed by atoms with van der Waals surface area (Å²) in [6.45, 7) is 3.14. The van der Waals surface area contributed by atoms with Crippen LogP contribution in [0.25, 0.3) is 0 Å². The molecule has 1 heterocycles. The van der Waals surface area contributed by atoms with Crippen molar-refractivity contribution in [3.05, 3.63) is 61.8 Å². The van der Waals surface area contributed by atoms with Crippen LogP contribution in [0.3, 0.4) is 0 Å². The number of hydrogen-bond acceptors (Lipinski definition) is 2. The maximum atomic E-state index is 6.04. The quantitative estimate of drug-likeness (QED) is 0.648. The molecule has 0 aliphatic carbocycles. The van der Waals surface area contributed by atoms with Gasteiger partial charge in [-0.05, 0) is 64.6 Å². The Balaban J connectivity index is 2.25. The molecule has 1 atom stereocenters. The molecule has 1 aromatic heterocycles. The minimum atomic E-state index is 0.229. The standard InChI is InChI=1S/C16H17Br2ClN2/c1-2-5-21-16(7-11-6-12(17)10-20-9-11)14-4-3-13(19)8-15(14)18/h3-4,6,8-10,16,21H,2,5,7H2,1H3. The van der Waals surface area contributed by atoms with Crippen LogP contribution in [0.1, 0.15) is 30.5 Å². The van der Waals surface area contributed by atoms with E-state index in [0.717, 1.165) is 33.4 Å². The Morgan fingerprint density at radius 1 is 1.24 bits per heavy atom. The zero-order valence-electron chi connectivity index (χ0n) is 11.7. The van der Waals surface area contributed by atoms with Gasteiger partial charge in [-0.2, -0.15) is 0 Å². The van der Waals surface area contributed by atoms with Crippen LogP contribution in [0.4, 0.5) is 0 Å². The monoisotopic (exact) mass is 430 g/mol. The van der Waals surface area contributed by atoms with Gasteiger partial charge in [-0.25, -0.2) is 0 Å². The largest absolute Gasteiger partial charge is 0.310 e. The SMILES string of the molecule is CCCNC(Cc1cncc(Br)c1)c1ccc(Cl)cc1Br. The summed E-state index contributed by atoms with van der Waals surface area (Å²) in [5.74, 6) is 0. The van der Waals surface area contributed by atoms with Gasteiger partial charge in [-0.15, -0.1) is 0 Å². The van der Waals surface area contributed by atoms with E-state index < -0.39 is 0 Å². The average Bonchev–Trinajstić information content (AvgIpc) is 2.44. The fourth-order valence-electron chi connectivity index (χ4n) is 2.20. The molecule has 0 saturated heterocycles. The van der Waals surface area contributed by atoms with Crippen molar-refractivity contribution in [2.75, 3.05) is 6.54 Å². The zero-order chi connectivity index (χ0) is 15.2. The molecule has 0 saturated carbocycles. The van der Waals surface area contributed by atoms with Gasteiger partial charge >= 0.3 is 0 Å². The lowest BCUT2D eigenvalue weighted by molar-refractivity contribution is 0.527. The number of hydrogen-bond donors (Lipinski definition) is 1. The first-order chi connectivity index (χ1) is 10.1. The second-order valence-corrected chi connectivity index (χ2v) is 7.09. The minimum absolute atomic E-state index is 0.229. The Labute approximate surface area is 147 Å². The number of halogens is 3. The molecule has 0 aliphatic heterocycles. The number of pyridine rings is 1. The lowest BCUT2D eigenvalue weighted by atomic mass is 9.99. The van der Waals surface area contributed by atoms with Gasteiger partial charge in [0.1, 0.15) is 0 Å². The molecule has 2 nitrogen and oxygen atoms in total. The van der Waals surface area contributed by atoms with Gasteiger partial charge in [0, 0.05) is 32.4 Å². The average molecular weight is 433 g/mol. The molecule has 0 aliphatic rings. The van der Waals surface area contributed by atoms with Gasteiger partial charge in [-0.1, -0.05) is 40.5 Å². The Hall–Kier alpha value is -0.420. The van der Waals surface area contributed by atoms with Crippen LogP contribution < -0.4 is 5.32 Å². The topological polar surface area (TPSA) is 24.9 Å². The lowest BCUT2D eigenvalue weighted by Crippen LogP contribution is -2.24. The summed E-state index contributed by atoms with van der Waals surface area (Å²) in [6, 6.07) is 8.29. The van der Waals surface area contributed by atoms with Crippen LogP contribution in [-0.4, -0.2) is 11.5 Å². The third-order valence-electron chi connectivity index (χ3n) is 3.18. The van der Waals surface area contributed by atoms with Gasteiger partial charge < -0.3 is 5.32 Å². The van der Waals surface area contributed by atoms with E-state index >= 15 is 0 Å². The zero-order valence-corrected chi connectivity index (χ0v) is 15.7. The second-order valence-electron chi connectivity index (χ2n) is 4.89. The Bertz CT molecular complexity index is 605. The number of aromatic nitrogens is 1. The molecule has 2 rings (SSSR count). The lowest BCUT2D eigenvalue weighted by Gasteiger charge is -2.20. The molecule has 2 aromatic rings. The molecule has 5 heteroatoms. The van der Waals surface area contributed by atoms with Gasteiger partial charge in [0.2, 0.25) is 0 Å². The van der Waals surface area contributed by atoms with Crippen molar-refractivity contribution in [3.8, 4) is 0 Å². The van der Waals surface area contributed by atoms with E-state index in [2.05, 4.69) is 61.2 Å².